The quantitative estimate of drug-likeness (QED) is 0.437. The average Bonchev–Trinajstić information content (AvgIpc) is 3.19. The first kappa shape index (κ1) is 22.7. The Bertz CT molecular complexity index is 935. The summed E-state index contributed by atoms with van der Waals surface area (Å²) in [6.07, 6.45) is 3.33. The van der Waals surface area contributed by atoms with E-state index in [1.165, 1.54) is 16.0 Å². The molecule has 7 heteroatoms. The lowest BCUT2D eigenvalue weighted by Crippen LogP contribution is -3.05. The van der Waals surface area contributed by atoms with E-state index in [1.807, 2.05) is 12.1 Å². The summed E-state index contributed by atoms with van der Waals surface area (Å²) in [7, 11) is 4.30. The van der Waals surface area contributed by atoms with E-state index in [2.05, 4.69) is 49.2 Å². The van der Waals surface area contributed by atoms with E-state index >= 15 is 0 Å². The lowest BCUT2D eigenvalue weighted by atomic mass is 10.0. The molecule has 1 aliphatic rings. The lowest BCUT2D eigenvalue weighted by molar-refractivity contribution is -0.858. The van der Waals surface area contributed by atoms with Crippen LogP contribution in [0.3, 0.4) is 0 Å². The van der Waals surface area contributed by atoms with Crippen molar-refractivity contribution in [3.63, 3.8) is 0 Å². The van der Waals surface area contributed by atoms with Gasteiger partial charge in [0.05, 0.1) is 33.3 Å². The van der Waals surface area contributed by atoms with Gasteiger partial charge in [-0.2, -0.15) is 0 Å². The van der Waals surface area contributed by atoms with E-state index in [0.717, 1.165) is 55.4 Å². The van der Waals surface area contributed by atoms with Crippen LogP contribution in [0.25, 0.3) is 10.9 Å². The Morgan fingerprint density at radius 2 is 2.07 bits per heavy atom. The number of fused-ring (bicyclic) bond motifs is 1. The van der Waals surface area contributed by atoms with Gasteiger partial charge in [0.15, 0.2) is 5.11 Å². The molecule has 0 saturated carbocycles. The summed E-state index contributed by atoms with van der Waals surface area (Å²) in [6.45, 7) is 8.06. The molecule has 0 aliphatic carbocycles. The van der Waals surface area contributed by atoms with Crippen LogP contribution in [0.1, 0.15) is 36.0 Å². The van der Waals surface area contributed by atoms with Gasteiger partial charge in [-0.05, 0) is 73.6 Å². The first-order chi connectivity index (χ1) is 14.3. The van der Waals surface area contributed by atoms with E-state index in [1.54, 1.807) is 0 Å². The standard InChI is InChI=1S/C23H34N4O2S/c1-16-11-18-13-19(22(28)25-21(18)12-17(16)2)14-27(15-20-7-5-10-29-20)23(30)24-8-6-9-26(3)4/h11-13,20H,5-10,14-15H2,1-4H3,(H,24,30)(H,25,28)/p+1/t20-/m0/s1. The van der Waals surface area contributed by atoms with Gasteiger partial charge >= 0.3 is 0 Å². The van der Waals surface area contributed by atoms with Crippen LogP contribution in [0.2, 0.25) is 0 Å². The summed E-state index contributed by atoms with van der Waals surface area (Å²) in [5.74, 6) is 0. The van der Waals surface area contributed by atoms with Gasteiger partial charge < -0.3 is 24.8 Å². The summed E-state index contributed by atoms with van der Waals surface area (Å²) in [5, 5.41) is 5.13. The zero-order chi connectivity index (χ0) is 21.7. The highest BCUT2D eigenvalue weighted by atomic mass is 32.1. The maximum atomic E-state index is 12.8. The second-order valence-electron chi connectivity index (χ2n) is 8.71. The SMILES string of the molecule is Cc1cc2cc(CN(C[C@@H]3CCCO3)C(=S)NCCC[NH+](C)C)c(=O)[nH]c2cc1C. The van der Waals surface area contributed by atoms with Crippen LogP contribution in [0.4, 0.5) is 0 Å². The third kappa shape index (κ3) is 6.03. The number of nitrogens with zero attached hydrogens (tertiary/aromatic N) is 1. The molecule has 1 atom stereocenters. The first-order valence-electron chi connectivity index (χ1n) is 10.9. The number of benzene rings is 1. The number of aromatic amines is 1. The van der Waals surface area contributed by atoms with E-state index < -0.39 is 0 Å². The largest absolute Gasteiger partial charge is 0.376 e. The Kier molecular flexibility index (Phi) is 7.86. The Morgan fingerprint density at radius 3 is 2.77 bits per heavy atom. The molecule has 1 aliphatic heterocycles. The van der Waals surface area contributed by atoms with Gasteiger partial charge in [0.25, 0.3) is 5.56 Å². The van der Waals surface area contributed by atoms with Crippen molar-refractivity contribution in [1.29, 1.82) is 0 Å². The highest BCUT2D eigenvalue weighted by Gasteiger charge is 2.22. The Hall–Kier alpha value is -1.96. The third-order valence-electron chi connectivity index (χ3n) is 5.76. The number of nitrogens with one attached hydrogen (secondary N) is 3. The fourth-order valence-corrected chi connectivity index (χ4v) is 4.09. The molecule has 0 unspecified atom stereocenters. The molecule has 0 amide bonds. The van der Waals surface area contributed by atoms with Crippen LogP contribution in [0, 0.1) is 13.8 Å². The zero-order valence-electron chi connectivity index (χ0n) is 18.6. The fraction of sp³-hybridized carbons (Fsp3) is 0.565. The van der Waals surface area contributed by atoms with Crippen LogP contribution in [-0.4, -0.2) is 61.4 Å². The topological polar surface area (TPSA) is 61.8 Å². The Morgan fingerprint density at radius 1 is 1.30 bits per heavy atom. The number of thiocarbonyl (C=S) groups is 1. The monoisotopic (exact) mass is 431 g/mol. The van der Waals surface area contributed by atoms with Gasteiger partial charge in [-0.25, -0.2) is 0 Å². The predicted octanol–water partition coefficient (Wildman–Crippen LogP) is 1.54. The summed E-state index contributed by atoms with van der Waals surface area (Å²) >= 11 is 5.71. The maximum absolute atomic E-state index is 12.8. The van der Waals surface area contributed by atoms with Gasteiger partial charge in [0.1, 0.15) is 0 Å². The highest BCUT2D eigenvalue weighted by Crippen LogP contribution is 2.19. The number of hydrogen-bond acceptors (Lipinski definition) is 3. The first-order valence-corrected chi connectivity index (χ1v) is 11.3. The van der Waals surface area contributed by atoms with Crippen LogP contribution in [0.15, 0.2) is 23.0 Å². The summed E-state index contributed by atoms with van der Waals surface area (Å²) in [6, 6.07) is 6.18. The molecule has 164 valence electrons. The van der Waals surface area contributed by atoms with Crippen LogP contribution in [-0.2, 0) is 11.3 Å². The number of quaternary nitrogens is 1. The second-order valence-corrected chi connectivity index (χ2v) is 9.09. The molecule has 2 aromatic rings. The molecular weight excluding hydrogens is 396 g/mol. The van der Waals surface area contributed by atoms with Crippen molar-refractivity contribution in [2.45, 2.75) is 45.8 Å². The lowest BCUT2D eigenvalue weighted by Gasteiger charge is -2.28. The van der Waals surface area contributed by atoms with Gasteiger partial charge in [0.2, 0.25) is 0 Å². The van der Waals surface area contributed by atoms with Crippen LogP contribution in [0.5, 0.6) is 0 Å². The molecule has 1 saturated heterocycles. The van der Waals surface area contributed by atoms with Crippen molar-refractivity contribution in [1.82, 2.24) is 15.2 Å². The van der Waals surface area contributed by atoms with Crippen molar-refractivity contribution >= 4 is 28.2 Å². The van der Waals surface area contributed by atoms with E-state index in [9.17, 15) is 4.79 Å². The van der Waals surface area contributed by atoms with Crippen molar-refractivity contribution in [2.24, 2.45) is 0 Å². The van der Waals surface area contributed by atoms with Crippen molar-refractivity contribution in [2.75, 3.05) is 40.3 Å². The number of pyridine rings is 1. The Balaban J connectivity index is 1.77. The predicted molar refractivity (Wildman–Crippen MR) is 126 cm³/mol. The van der Waals surface area contributed by atoms with Gasteiger partial charge in [-0.15, -0.1) is 0 Å². The second kappa shape index (κ2) is 10.4. The van der Waals surface area contributed by atoms with Crippen LogP contribution >= 0.6 is 12.2 Å². The minimum absolute atomic E-state index is 0.0536. The van der Waals surface area contributed by atoms with Gasteiger partial charge in [-0.1, -0.05) is 0 Å². The van der Waals surface area contributed by atoms with Crippen molar-refractivity contribution in [3.05, 3.63) is 45.2 Å². The van der Waals surface area contributed by atoms with Crippen molar-refractivity contribution < 1.29 is 9.64 Å². The number of rotatable bonds is 8. The maximum Gasteiger partial charge on any atom is 0.253 e. The van der Waals surface area contributed by atoms with E-state index in [4.69, 9.17) is 17.0 Å². The Labute approximate surface area is 184 Å². The van der Waals surface area contributed by atoms with Crippen molar-refractivity contribution in [3.8, 4) is 0 Å². The summed E-state index contributed by atoms with van der Waals surface area (Å²) < 4.78 is 5.84. The molecule has 1 aromatic carbocycles. The fourth-order valence-electron chi connectivity index (χ4n) is 3.85. The zero-order valence-corrected chi connectivity index (χ0v) is 19.5. The number of ether oxygens (including phenoxy) is 1. The molecule has 3 rings (SSSR count). The minimum atomic E-state index is -0.0536. The molecule has 30 heavy (non-hydrogen) atoms. The molecule has 1 fully saturated rings. The summed E-state index contributed by atoms with van der Waals surface area (Å²) in [4.78, 5) is 19.3. The normalized spacial score (nSPS) is 16.4. The third-order valence-corrected chi connectivity index (χ3v) is 6.16. The van der Waals surface area contributed by atoms with E-state index in [0.29, 0.717) is 18.2 Å². The van der Waals surface area contributed by atoms with Crippen LogP contribution < -0.4 is 15.8 Å². The number of hydrogen-bond donors (Lipinski definition) is 3. The molecule has 1 aromatic heterocycles. The molecule has 2 heterocycles. The number of aromatic nitrogens is 1. The summed E-state index contributed by atoms with van der Waals surface area (Å²) in [5.41, 5.74) is 3.95. The highest BCUT2D eigenvalue weighted by molar-refractivity contribution is 7.80. The molecule has 0 spiro atoms. The minimum Gasteiger partial charge on any atom is -0.376 e. The van der Waals surface area contributed by atoms with Gasteiger partial charge in [-0.3, -0.25) is 4.79 Å². The average molecular weight is 432 g/mol. The van der Waals surface area contributed by atoms with Gasteiger partial charge in [0, 0.05) is 37.2 Å². The number of aryl methyl sites for hydroxylation is 2. The van der Waals surface area contributed by atoms with E-state index in [-0.39, 0.29) is 11.7 Å². The smallest absolute Gasteiger partial charge is 0.253 e. The molecule has 3 N–H and O–H groups in total. The number of H-pyrrole nitrogens is 1. The molecular formula is C23H35N4O2S+. The molecule has 0 bridgehead atoms. The molecule has 0 radical (unpaired) electrons. The molecule has 6 nitrogen and oxygen atoms in total.